The van der Waals surface area contributed by atoms with Crippen LogP contribution in [-0.2, 0) is 11.3 Å². The number of hydrogen-bond acceptors (Lipinski definition) is 4. The number of hydrogen-bond donors (Lipinski definition) is 2. The number of nitrogens with two attached hydrogens (primary N) is 1. The highest BCUT2D eigenvalue weighted by molar-refractivity contribution is 5.96. The molecule has 1 unspecified atom stereocenters. The lowest BCUT2D eigenvalue weighted by molar-refractivity contribution is -0.00222. The molecule has 1 fully saturated rings. The zero-order chi connectivity index (χ0) is 15.1. The second-order valence-electron chi connectivity index (χ2n) is 5.55. The van der Waals surface area contributed by atoms with E-state index in [0.717, 1.165) is 38.2 Å². The van der Waals surface area contributed by atoms with E-state index in [4.69, 9.17) is 15.7 Å². The van der Waals surface area contributed by atoms with Gasteiger partial charge in [-0.05, 0) is 31.4 Å². The Kier molecular flexibility index (Phi) is 6.02. The minimum atomic E-state index is 0.146. The summed E-state index contributed by atoms with van der Waals surface area (Å²) in [5.74, 6) is 0.146. The first kappa shape index (κ1) is 15.8. The minimum Gasteiger partial charge on any atom is -0.409 e. The first-order valence-corrected chi connectivity index (χ1v) is 7.63. The molecule has 1 aromatic carbocycles. The van der Waals surface area contributed by atoms with E-state index in [1.165, 1.54) is 18.4 Å². The zero-order valence-electron chi connectivity index (χ0n) is 12.7. The predicted octanol–water partition coefficient (Wildman–Crippen LogP) is 2.17. The second kappa shape index (κ2) is 8.00. The molecule has 1 atom stereocenters. The molecule has 3 N–H and O–H groups in total. The number of ether oxygens (including phenoxy) is 1. The summed E-state index contributed by atoms with van der Waals surface area (Å²) >= 11 is 0. The lowest BCUT2D eigenvalue weighted by Crippen LogP contribution is -2.39. The molecular weight excluding hydrogens is 266 g/mol. The molecule has 0 saturated carbocycles. The molecule has 0 aromatic heterocycles. The van der Waals surface area contributed by atoms with Crippen molar-refractivity contribution < 1.29 is 9.94 Å². The molecule has 21 heavy (non-hydrogen) atoms. The number of rotatable bonds is 6. The smallest absolute Gasteiger partial charge is 0.170 e. The van der Waals surface area contributed by atoms with Gasteiger partial charge in [-0.2, -0.15) is 0 Å². The van der Waals surface area contributed by atoms with Crippen LogP contribution in [0.4, 0.5) is 0 Å². The SMILES string of the molecule is CCCOC1CCCN(Cc2ccc(C(N)=NO)cc2)C1. The predicted molar refractivity (Wildman–Crippen MR) is 83.5 cm³/mol. The van der Waals surface area contributed by atoms with Crippen molar-refractivity contribution >= 4 is 5.84 Å². The average Bonchev–Trinajstić information content (AvgIpc) is 2.53. The van der Waals surface area contributed by atoms with Crippen molar-refractivity contribution in [3.63, 3.8) is 0 Å². The Bertz CT molecular complexity index is 459. The van der Waals surface area contributed by atoms with E-state index >= 15 is 0 Å². The molecule has 0 bridgehead atoms. The Morgan fingerprint density at radius 2 is 2.19 bits per heavy atom. The maximum Gasteiger partial charge on any atom is 0.170 e. The van der Waals surface area contributed by atoms with Crippen molar-refractivity contribution in [2.24, 2.45) is 10.9 Å². The van der Waals surface area contributed by atoms with Crippen LogP contribution in [0.5, 0.6) is 0 Å². The van der Waals surface area contributed by atoms with Crippen molar-refractivity contribution in [2.75, 3.05) is 19.7 Å². The zero-order valence-corrected chi connectivity index (χ0v) is 12.7. The van der Waals surface area contributed by atoms with Gasteiger partial charge in [-0.3, -0.25) is 4.90 Å². The maximum absolute atomic E-state index is 8.66. The molecule has 5 heteroatoms. The number of piperidine rings is 1. The molecule has 0 radical (unpaired) electrons. The third-order valence-corrected chi connectivity index (χ3v) is 3.78. The van der Waals surface area contributed by atoms with Gasteiger partial charge in [0.25, 0.3) is 0 Å². The third kappa shape index (κ3) is 4.72. The lowest BCUT2D eigenvalue weighted by Gasteiger charge is -2.32. The Hall–Kier alpha value is -1.59. The molecule has 1 aliphatic rings. The monoisotopic (exact) mass is 291 g/mol. The molecule has 0 amide bonds. The maximum atomic E-state index is 8.66. The van der Waals surface area contributed by atoms with Crippen molar-refractivity contribution in [3.8, 4) is 0 Å². The number of nitrogens with zero attached hydrogens (tertiary/aromatic N) is 2. The van der Waals surface area contributed by atoms with Gasteiger partial charge >= 0.3 is 0 Å². The van der Waals surface area contributed by atoms with Gasteiger partial charge in [0.05, 0.1) is 6.10 Å². The molecule has 116 valence electrons. The molecule has 0 spiro atoms. The molecule has 1 heterocycles. The number of oxime groups is 1. The average molecular weight is 291 g/mol. The summed E-state index contributed by atoms with van der Waals surface area (Å²) in [5, 5.41) is 11.7. The van der Waals surface area contributed by atoms with Crippen LogP contribution in [0.3, 0.4) is 0 Å². The van der Waals surface area contributed by atoms with Crippen LogP contribution in [0, 0.1) is 0 Å². The normalized spacial score (nSPS) is 20.6. The van der Waals surface area contributed by atoms with Crippen molar-refractivity contribution in [3.05, 3.63) is 35.4 Å². The lowest BCUT2D eigenvalue weighted by atomic mass is 10.1. The summed E-state index contributed by atoms with van der Waals surface area (Å²) in [7, 11) is 0. The Morgan fingerprint density at radius 3 is 2.86 bits per heavy atom. The molecule has 5 nitrogen and oxygen atoms in total. The van der Waals surface area contributed by atoms with Crippen LogP contribution >= 0.6 is 0 Å². The van der Waals surface area contributed by atoms with Gasteiger partial charge in [-0.15, -0.1) is 0 Å². The molecule has 1 aliphatic heterocycles. The summed E-state index contributed by atoms with van der Waals surface area (Å²) in [6, 6.07) is 7.84. The van der Waals surface area contributed by atoms with E-state index < -0.39 is 0 Å². The fourth-order valence-electron chi connectivity index (χ4n) is 2.67. The van der Waals surface area contributed by atoms with Gasteiger partial charge in [-0.25, -0.2) is 0 Å². The van der Waals surface area contributed by atoms with E-state index in [-0.39, 0.29) is 5.84 Å². The number of benzene rings is 1. The van der Waals surface area contributed by atoms with E-state index in [1.54, 1.807) is 0 Å². The van der Waals surface area contributed by atoms with Gasteiger partial charge in [-0.1, -0.05) is 36.3 Å². The Labute approximate surface area is 126 Å². The van der Waals surface area contributed by atoms with Crippen molar-refractivity contribution in [1.82, 2.24) is 4.90 Å². The van der Waals surface area contributed by atoms with Crippen LogP contribution < -0.4 is 5.73 Å². The summed E-state index contributed by atoms with van der Waals surface area (Å²) in [6.07, 6.45) is 3.80. The summed E-state index contributed by atoms with van der Waals surface area (Å²) < 4.78 is 5.86. The Balaban J connectivity index is 1.89. The molecule has 1 aromatic rings. The minimum absolute atomic E-state index is 0.146. The van der Waals surface area contributed by atoms with Crippen LogP contribution in [0.15, 0.2) is 29.4 Å². The molecular formula is C16H25N3O2. The standard InChI is InChI=1S/C16H25N3O2/c1-2-10-21-15-4-3-9-19(12-15)11-13-5-7-14(8-6-13)16(17)18-20/h5-8,15,20H,2-4,9-12H2,1H3,(H2,17,18). The van der Waals surface area contributed by atoms with E-state index in [9.17, 15) is 0 Å². The van der Waals surface area contributed by atoms with Crippen LogP contribution in [0.1, 0.15) is 37.3 Å². The summed E-state index contributed by atoms with van der Waals surface area (Å²) in [6.45, 7) is 6.04. The van der Waals surface area contributed by atoms with Crippen LogP contribution in [0.25, 0.3) is 0 Å². The highest BCUT2D eigenvalue weighted by Gasteiger charge is 2.20. The van der Waals surface area contributed by atoms with Gasteiger partial charge in [0.15, 0.2) is 5.84 Å². The second-order valence-corrected chi connectivity index (χ2v) is 5.55. The molecule has 0 aliphatic carbocycles. The fourth-order valence-corrected chi connectivity index (χ4v) is 2.67. The highest BCUT2D eigenvalue weighted by Crippen LogP contribution is 2.16. The Morgan fingerprint density at radius 1 is 1.43 bits per heavy atom. The van der Waals surface area contributed by atoms with Gasteiger partial charge in [0, 0.05) is 25.3 Å². The first-order chi connectivity index (χ1) is 10.2. The topological polar surface area (TPSA) is 71.1 Å². The van der Waals surface area contributed by atoms with E-state index in [2.05, 4.69) is 17.0 Å². The molecule has 1 saturated heterocycles. The first-order valence-electron chi connectivity index (χ1n) is 7.63. The number of likely N-dealkylation sites (tertiary alicyclic amines) is 1. The largest absolute Gasteiger partial charge is 0.409 e. The van der Waals surface area contributed by atoms with Gasteiger partial charge in [0.2, 0.25) is 0 Å². The van der Waals surface area contributed by atoms with Crippen LogP contribution in [0.2, 0.25) is 0 Å². The van der Waals surface area contributed by atoms with Crippen LogP contribution in [-0.4, -0.2) is 41.7 Å². The van der Waals surface area contributed by atoms with Crippen molar-refractivity contribution in [2.45, 2.75) is 38.8 Å². The van der Waals surface area contributed by atoms with E-state index in [0.29, 0.717) is 6.10 Å². The molecule has 2 rings (SSSR count). The number of amidine groups is 1. The van der Waals surface area contributed by atoms with Gasteiger partial charge < -0.3 is 15.7 Å². The quantitative estimate of drug-likeness (QED) is 0.365. The van der Waals surface area contributed by atoms with Crippen molar-refractivity contribution in [1.29, 1.82) is 0 Å². The highest BCUT2D eigenvalue weighted by atomic mass is 16.5. The third-order valence-electron chi connectivity index (χ3n) is 3.78. The fraction of sp³-hybridized carbons (Fsp3) is 0.562. The van der Waals surface area contributed by atoms with E-state index in [1.807, 2.05) is 24.3 Å². The van der Waals surface area contributed by atoms with Gasteiger partial charge in [0.1, 0.15) is 0 Å². The summed E-state index contributed by atoms with van der Waals surface area (Å²) in [5.41, 5.74) is 7.54. The summed E-state index contributed by atoms with van der Waals surface area (Å²) in [4.78, 5) is 2.43.